The molecule has 2 saturated heterocycles. The quantitative estimate of drug-likeness (QED) is 0.383. The second-order valence-corrected chi connectivity index (χ2v) is 11.4. The van der Waals surface area contributed by atoms with Crippen molar-refractivity contribution >= 4 is 29.6 Å². The van der Waals surface area contributed by atoms with Gasteiger partial charge in [-0.05, 0) is 36.5 Å². The van der Waals surface area contributed by atoms with E-state index in [-0.39, 0.29) is 56.5 Å². The highest BCUT2D eigenvalue weighted by Gasteiger charge is 2.51. The molecule has 2 aliphatic heterocycles. The molecule has 2 aromatic carbocycles. The number of carbonyl (C=O) groups excluding carboxylic acids is 3. The number of thioether (sulfide) groups is 1. The summed E-state index contributed by atoms with van der Waals surface area (Å²) in [4.78, 5) is 44.1. The zero-order valence-electron chi connectivity index (χ0n) is 23.6. The summed E-state index contributed by atoms with van der Waals surface area (Å²) in [5, 5.41) is 6.08. The molecule has 2 heterocycles. The fourth-order valence-corrected chi connectivity index (χ4v) is 5.77. The average Bonchev–Trinajstić information content (AvgIpc) is 2.96. The van der Waals surface area contributed by atoms with E-state index in [1.165, 1.54) is 11.1 Å². The molecule has 2 aliphatic rings. The molecule has 0 unspecified atom stereocenters. The van der Waals surface area contributed by atoms with Crippen LogP contribution in [0.5, 0.6) is 0 Å². The molecule has 11 heteroatoms. The van der Waals surface area contributed by atoms with E-state index in [2.05, 4.69) is 11.9 Å². The van der Waals surface area contributed by atoms with E-state index in [4.69, 9.17) is 4.74 Å². The van der Waals surface area contributed by atoms with E-state index < -0.39 is 12.2 Å². The van der Waals surface area contributed by atoms with Crippen LogP contribution in [-0.4, -0.2) is 87.6 Å². The normalized spacial score (nSPS) is 18.9. The number of benzene rings is 2. The molecule has 0 aliphatic carbocycles. The second-order valence-electron chi connectivity index (χ2n) is 9.99. The summed E-state index contributed by atoms with van der Waals surface area (Å²) in [5.74, 6) is 0.854. The molecule has 2 atom stereocenters. The molecule has 2 fully saturated rings. The van der Waals surface area contributed by atoms with Gasteiger partial charge >= 0.3 is 6.03 Å². The lowest BCUT2D eigenvalue weighted by Gasteiger charge is -2.55. The number of urea groups is 1. The van der Waals surface area contributed by atoms with Gasteiger partial charge in [-0.25, -0.2) is 14.2 Å². The molecule has 0 radical (unpaired) electrons. The number of fused-ring (bicyclic) bond motifs is 1. The Kier molecular flexibility index (Phi) is 10.6. The van der Waals surface area contributed by atoms with Crippen molar-refractivity contribution in [2.75, 3.05) is 37.7 Å². The Bertz CT molecular complexity index is 1230. The first kappa shape index (κ1) is 30.4. The third kappa shape index (κ3) is 7.39. The first-order valence-electron chi connectivity index (χ1n) is 13.8. The fraction of sp³-hybridized carbons (Fsp3) is 0.433. The zero-order chi connectivity index (χ0) is 29.4. The Hall–Kier alpha value is -3.57. The molecule has 0 aromatic heterocycles. The summed E-state index contributed by atoms with van der Waals surface area (Å²) in [6.07, 6.45) is -0.247. The number of rotatable bonds is 12. The zero-order valence-corrected chi connectivity index (χ0v) is 24.4. The van der Waals surface area contributed by atoms with E-state index in [0.717, 1.165) is 11.3 Å². The van der Waals surface area contributed by atoms with Crippen LogP contribution in [0.4, 0.5) is 9.18 Å². The maximum Gasteiger partial charge on any atom is 0.338 e. The Labute approximate surface area is 245 Å². The molecule has 0 spiro atoms. The lowest BCUT2D eigenvalue weighted by atomic mass is 10.0. The average molecular weight is 584 g/mol. The van der Waals surface area contributed by atoms with Crippen LogP contribution in [0.15, 0.2) is 66.9 Å². The Morgan fingerprint density at radius 1 is 1.15 bits per heavy atom. The summed E-state index contributed by atoms with van der Waals surface area (Å²) >= 11 is 1.70. The highest BCUT2D eigenvalue weighted by atomic mass is 32.2. The monoisotopic (exact) mass is 583 g/mol. The van der Waals surface area contributed by atoms with Crippen LogP contribution in [0.25, 0.3) is 0 Å². The van der Waals surface area contributed by atoms with Gasteiger partial charge in [-0.15, -0.1) is 0 Å². The number of ether oxygens (including phenoxy) is 1. The number of nitrogens with one attached hydrogen (secondary N) is 1. The van der Waals surface area contributed by atoms with Crippen LogP contribution in [0, 0.1) is 5.82 Å². The minimum Gasteiger partial charge on any atom is -0.375 e. The number of carbonyl (C=O) groups is 3. The molecule has 9 nitrogen and oxygen atoms in total. The lowest BCUT2D eigenvalue weighted by Crippen LogP contribution is -2.76. The lowest BCUT2D eigenvalue weighted by molar-refractivity contribution is -0.186. The predicted molar refractivity (Wildman–Crippen MR) is 157 cm³/mol. The number of allylic oxidation sites excluding steroid dienone is 1. The number of hydrogen-bond donors (Lipinski definition) is 1. The van der Waals surface area contributed by atoms with E-state index in [0.29, 0.717) is 30.0 Å². The summed E-state index contributed by atoms with van der Waals surface area (Å²) in [6, 6.07) is 14.9. The van der Waals surface area contributed by atoms with Crippen molar-refractivity contribution in [2.24, 2.45) is 0 Å². The largest absolute Gasteiger partial charge is 0.375 e. The van der Waals surface area contributed by atoms with Crippen molar-refractivity contribution in [2.45, 2.75) is 45.6 Å². The van der Waals surface area contributed by atoms with Gasteiger partial charge in [0.15, 0.2) is 0 Å². The SMILES string of the molecule is C=C(C)N1CC(=O)N2[C@@H](CCSCC)C(=O)N(CCOCc3ccccc3F)C[C@@H]2N1C(=O)NCc1ccccc1. The van der Waals surface area contributed by atoms with Gasteiger partial charge in [-0.3, -0.25) is 14.6 Å². The van der Waals surface area contributed by atoms with Gasteiger partial charge in [-0.1, -0.05) is 62.0 Å². The minimum absolute atomic E-state index is 0.0801. The number of hydrogen-bond acceptors (Lipinski definition) is 6. The number of hydrazine groups is 1. The second kappa shape index (κ2) is 14.4. The molecule has 0 saturated carbocycles. The third-order valence-corrected chi connectivity index (χ3v) is 8.08. The van der Waals surface area contributed by atoms with Gasteiger partial charge < -0.3 is 19.9 Å². The third-order valence-electron chi connectivity index (χ3n) is 7.15. The number of nitrogens with zero attached hydrogens (tertiary/aromatic N) is 4. The van der Waals surface area contributed by atoms with Crippen molar-refractivity contribution in [1.82, 2.24) is 25.1 Å². The maximum atomic E-state index is 14.0. The van der Waals surface area contributed by atoms with Crippen LogP contribution in [0.1, 0.15) is 31.4 Å². The highest BCUT2D eigenvalue weighted by molar-refractivity contribution is 7.99. The van der Waals surface area contributed by atoms with E-state index >= 15 is 0 Å². The molecular formula is C30H38FN5O4S. The summed E-state index contributed by atoms with van der Waals surface area (Å²) < 4.78 is 19.7. The smallest absolute Gasteiger partial charge is 0.338 e. The minimum atomic E-state index is -0.718. The number of halogens is 1. The van der Waals surface area contributed by atoms with E-state index in [9.17, 15) is 18.8 Å². The number of amides is 4. The molecule has 4 rings (SSSR count). The first-order chi connectivity index (χ1) is 19.8. The van der Waals surface area contributed by atoms with Crippen molar-refractivity contribution in [3.8, 4) is 0 Å². The molecule has 1 N–H and O–H groups in total. The summed E-state index contributed by atoms with van der Waals surface area (Å²) in [5.41, 5.74) is 1.92. The maximum absolute atomic E-state index is 14.0. The van der Waals surface area contributed by atoms with Gasteiger partial charge in [0.05, 0.1) is 19.8 Å². The van der Waals surface area contributed by atoms with Gasteiger partial charge in [0.25, 0.3) is 0 Å². The van der Waals surface area contributed by atoms with Crippen molar-refractivity contribution in [3.63, 3.8) is 0 Å². The fourth-order valence-electron chi connectivity index (χ4n) is 5.09. The molecule has 220 valence electrons. The van der Waals surface area contributed by atoms with Crippen LogP contribution >= 0.6 is 11.8 Å². The van der Waals surface area contributed by atoms with Crippen LogP contribution in [-0.2, 0) is 27.5 Å². The van der Waals surface area contributed by atoms with Crippen molar-refractivity contribution < 1.29 is 23.5 Å². The summed E-state index contributed by atoms with van der Waals surface area (Å²) in [7, 11) is 0. The van der Waals surface area contributed by atoms with Crippen molar-refractivity contribution in [3.05, 3.63) is 83.8 Å². The van der Waals surface area contributed by atoms with Gasteiger partial charge in [0.1, 0.15) is 24.6 Å². The topological polar surface area (TPSA) is 85.4 Å². The Morgan fingerprint density at radius 3 is 2.59 bits per heavy atom. The predicted octanol–water partition coefficient (Wildman–Crippen LogP) is 3.83. The summed E-state index contributed by atoms with van der Waals surface area (Å²) in [6.45, 7) is 8.66. The van der Waals surface area contributed by atoms with Crippen molar-refractivity contribution in [1.29, 1.82) is 0 Å². The first-order valence-corrected chi connectivity index (χ1v) is 15.0. The van der Waals surface area contributed by atoms with Gasteiger partial charge in [-0.2, -0.15) is 11.8 Å². The van der Waals surface area contributed by atoms with Crippen LogP contribution in [0.2, 0.25) is 0 Å². The van der Waals surface area contributed by atoms with Gasteiger partial charge in [0.2, 0.25) is 11.8 Å². The van der Waals surface area contributed by atoms with E-state index in [1.807, 2.05) is 37.3 Å². The Balaban J connectivity index is 1.54. The highest BCUT2D eigenvalue weighted by Crippen LogP contribution is 2.30. The Morgan fingerprint density at radius 2 is 1.88 bits per heavy atom. The molecule has 2 aromatic rings. The van der Waals surface area contributed by atoms with Crippen LogP contribution in [0.3, 0.4) is 0 Å². The van der Waals surface area contributed by atoms with Gasteiger partial charge in [0, 0.05) is 24.4 Å². The van der Waals surface area contributed by atoms with E-state index in [1.54, 1.807) is 51.7 Å². The number of piperazine rings is 1. The van der Waals surface area contributed by atoms with Crippen LogP contribution < -0.4 is 5.32 Å². The molecule has 0 bridgehead atoms. The molecule has 41 heavy (non-hydrogen) atoms. The molecular weight excluding hydrogens is 545 g/mol. The molecule has 4 amide bonds. The standard InChI is InChI=1S/C30H38FN5O4S/c1-4-41-17-14-26-29(38)33(15-16-40-21-24-12-8-9-13-25(24)31)19-27-35(26)28(37)20-34(22(2)3)36(27)30(39)32-18-23-10-6-5-7-11-23/h5-13,26-27H,2,4,14-21H2,1,3H3,(H,32,39)/t26-,27-/m0/s1.